The van der Waals surface area contributed by atoms with E-state index in [9.17, 15) is 28.8 Å². The van der Waals surface area contributed by atoms with Crippen molar-refractivity contribution in [1.29, 1.82) is 0 Å². The van der Waals surface area contributed by atoms with Crippen molar-refractivity contribution in [2.24, 2.45) is 11.8 Å². The molecule has 1 aliphatic heterocycles. The second kappa shape index (κ2) is 23.5. The van der Waals surface area contributed by atoms with Crippen LogP contribution < -0.4 is 15.4 Å². The molecule has 272 valence electrons. The highest BCUT2D eigenvalue weighted by Gasteiger charge is 2.31. The Morgan fingerprint density at radius 3 is 2.18 bits per heavy atom. The first-order valence-electron chi connectivity index (χ1n) is 16.4. The number of hydrogen-bond donors (Lipinski definition) is 3. The van der Waals surface area contributed by atoms with Crippen LogP contribution in [0.2, 0.25) is 0 Å². The number of benzene rings is 1. The third-order valence-corrected chi connectivity index (χ3v) is 8.37. The molecule has 1 aliphatic rings. The van der Waals surface area contributed by atoms with Crippen molar-refractivity contribution >= 4 is 47.1 Å². The molecule has 2 rings (SSSR count). The zero-order chi connectivity index (χ0) is 36.0. The average molecular weight is 708 g/mol. The van der Waals surface area contributed by atoms with Gasteiger partial charge in [-0.05, 0) is 42.5 Å². The summed E-state index contributed by atoms with van der Waals surface area (Å²) in [5.74, 6) is -2.50. The zero-order valence-electron chi connectivity index (χ0n) is 28.5. The molecule has 0 spiro atoms. The number of nitrogens with zero attached hydrogens (tertiary/aromatic N) is 1. The Kier molecular flexibility index (Phi) is 19.9. The minimum Gasteiger partial charge on any atom is -0.491 e. The molecule has 3 atom stereocenters. The van der Waals surface area contributed by atoms with E-state index in [0.717, 1.165) is 4.90 Å². The van der Waals surface area contributed by atoms with Gasteiger partial charge < -0.3 is 34.7 Å². The van der Waals surface area contributed by atoms with Crippen molar-refractivity contribution in [2.45, 2.75) is 45.6 Å². The molecule has 0 radical (unpaired) electrons. The summed E-state index contributed by atoms with van der Waals surface area (Å²) in [7, 11) is 0. The van der Waals surface area contributed by atoms with Gasteiger partial charge in [0.1, 0.15) is 12.4 Å². The molecular formula is C34H49N3O11S. The standard InChI is InChI=1S/C34H49N3O11S/c1-4-24(2)27(34(44)35-12-13-37-30(39)8-9-31(37)40)23-29(38)28(11-21-49-3)36-33(43)25-6-5-7-26(22-25)48-20-19-47-18-17-46-16-15-45-14-10-32(41)42/h5-9,22,24,27-28H,4,10-21,23H2,1-3H3,(H,35,44)(H,36,43)(H,41,42)/t24-,27-,28-/m0/s1. The molecule has 1 heterocycles. The fourth-order valence-electron chi connectivity index (χ4n) is 4.71. The van der Waals surface area contributed by atoms with Crippen LogP contribution in [0.5, 0.6) is 5.75 Å². The van der Waals surface area contributed by atoms with Gasteiger partial charge in [0.05, 0.1) is 52.1 Å². The van der Waals surface area contributed by atoms with Crippen molar-refractivity contribution in [2.75, 3.05) is 71.3 Å². The Morgan fingerprint density at radius 1 is 0.939 bits per heavy atom. The molecular weight excluding hydrogens is 658 g/mol. The topological polar surface area (TPSA) is 187 Å². The third-order valence-electron chi connectivity index (χ3n) is 7.73. The zero-order valence-corrected chi connectivity index (χ0v) is 29.3. The van der Waals surface area contributed by atoms with Gasteiger partial charge in [0, 0.05) is 43.1 Å². The second-order valence-corrected chi connectivity index (χ2v) is 12.3. The molecule has 49 heavy (non-hydrogen) atoms. The molecule has 3 N–H and O–H groups in total. The van der Waals surface area contributed by atoms with Crippen molar-refractivity contribution in [3.05, 3.63) is 42.0 Å². The number of carboxylic acid groups (broad SMARTS) is 1. The van der Waals surface area contributed by atoms with Crippen LogP contribution in [0.4, 0.5) is 0 Å². The van der Waals surface area contributed by atoms with Crippen LogP contribution in [0, 0.1) is 11.8 Å². The Bertz CT molecular complexity index is 1260. The first-order valence-corrected chi connectivity index (χ1v) is 17.8. The number of imide groups is 1. The summed E-state index contributed by atoms with van der Waals surface area (Å²) in [6.07, 6.45) is 5.20. The second-order valence-electron chi connectivity index (χ2n) is 11.3. The fourth-order valence-corrected chi connectivity index (χ4v) is 5.18. The Morgan fingerprint density at radius 2 is 1.57 bits per heavy atom. The van der Waals surface area contributed by atoms with Crippen LogP contribution in [0.25, 0.3) is 0 Å². The molecule has 0 aliphatic carbocycles. The Hall–Kier alpha value is -3.79. The monoisotopic (exact) mass is 707 g/mol. The summed E-state index contributed by atoms with van der Waals surface area (Å²) in [4.78, 5) is 75.0. The number of rotatable bonds is 27. The minimum absolute atomic E-state index is 0.0326. The van der Waals surface area contributed by atoms with E-state index in [4.69, 9.17) is 24.1 Å². The predicted molar refractivity (Wildman–Crippen MR) is 182 cm³/mol. The molecule has 14 nitrogen and oxygen atoms in total. The number of carbonyl (C=O) groups excluding carboxylic acids is 5. The molecule has 4 amide bonds. The van der Waals surface area contributed by atoms with E-state index in [1.165, 1.54) is 12.2 Å². The number of carbonyl (C=O) groups is 6. The summed E-state index contributed by atoms with van der Waals surface area (Å²) in [5.41, 5.74) is 0.316. The summed E-state index contributed by atoms with van der Waals surface area (Å²) < 4.78 is 21.7. The highest BCUT2D eigenvalue weighted by molar-refractivity contribution is 7.98. The third kappa shape index (κ3) is 16.0. The maximum atomic E-state index is 13.6. The fraction of sp³-hybridized carbons (Fsp3) is 0.588. The molecule has 1 aromatic carbocycles. The van der Waals surface area contributed by atoms with Gasteiger partial charge >= 0.3 is 5.97 Å². The maximum absolute atomic E-state index is 13.6. The Balaban J connectivity index is 1.84. The first-order chi connectivity index (χ1) is 23.6. The van der Waals surface area contributed by atoms with Gasteiger partial charge in [0.2, 0.25) is 5.91 Å². The minimum atomic E-state index is -0.912. The number of thioether (sulfide) groups is 1. The summed E-state index contributed by atoms with van der Waals surface area (Å²) >= 11 is 1.54. The van der Waals surface area contributed by atoms with E-state index >= 15 is 0 Å². The van der Waals surface area contributed by atoms with E-state index in [1.807, 2.05) is 20.1 Å². The number of hydrogen-bond acceptors (Lipinski definition) is 11. The van der Waals surface area contributed by atoms with E-state index in [-0.39, 0.29) is 63.4 Å². The van der Waals surface area contributed by atoms with Gasteiger partial charge in [0.25, 0.3) is 17.7 Å². The first kappa shape index (κ1) is 41.4. The molecule has 1 aromatic rings. The van der Waals surface area contributed by atoms with E-state index in [1.54, 1.807) is 36.0 Å². The number of ether oxygens (including phenoxy) is 4. The van der Waals surface area contributed by atoms with Gasteiger partial charge in [-0.15, -0.1) is 0 Å². The molecule has 0 aromatic heterocycles. The van der Waals surface area contributed by atoms with Gasteiger partial charge in [0.15, 0.2) is 5.78 Å². The lowest BCUT2D eigenvalue weighted by atomic mass is 9.85. The lowest BCUT2D eigenvalue weighted by Gasteiger charge is -2.25. The van der Waals surface area contributed by atoms with Crippen LogP contribution in [-0.2, 0) is 38.2 Å². The molecule has 0 saturated carbocycles. The molecule has 0 bridgehead atoms. The SMILES string of the molecule is CC[C@H](C)[C@H](CC(=O)[C@H](CCSC)NC(=O)c1cccc(OCCOCCOCCOCCC(=O)O)c1)C(=O)NCCN1C(=O)C=CC1=O. The largest absolute Gasteiger partial charge is 0.491 e. The van der Waals surface area contributed by atoms with Gasteiger partial charge in [-0.25, -0.2) is 0 Å². The lowest BCUT2D eigenvalue weighted by Crippen LogP contribution is -2.45. The highest BCUT2D eigenvalue weighted by Crippen LogP contribution is 2.22. The van der Waals surface area contributed by atoms with E-state index in [0.29, 0.717) is 56.3 Å². The van der Waals surface area contributed by atoms with Crippen LogP contribution in [0.15, 0.2) is 36.4 Å². The predicted octanol–water partition coefficient (Wildman–Crippen LogP) is 2.10. The van der Waals surface area contributed by atoms with Gasteiger partial charge in [-0.3, -0.25) is 33.7 Å². The molecule has 0 fully saturated rings. The summed E-state index contributed by atoms with van der Waals surface area (Å²) in [6.45, 7) is 5.90. The number of Topliss-reactive ketones (excluding diaryl/α,β-unsaturated/α-hetero) is 1. The van der Waals surface area contributed by atoms with Crippen molar-refractivity contribution < 1.29 is 52.8 Å². The number of ketones is 1. The van der Waals surface area contributed by atoms with Crippen LogP contribution in [0.1, 0.15) is 49.9 Å². The van der Waals surface area contributed by atoms with E-state index in [2.05, 4.69) is 10.6 Å². The van der Waals surface area contributed by atoms with Crippen LogP contribution >= 0.6 is 11.8 Å². The molecule has 0 saturated heterocycles. The molecule has 0 unspecified atom stereocenters. The van der Waals surface area contributed by atoms with Crippen molar-refractivity contribution in [3.63, 3.8) is 0 Å². The Labute approximate surface area is 291 Å². The molecule has 15 heteroatoms. The normalized spacial score (nSPS) is 14.4. The quantitative estimate of drug-likeness (QED) is 0.0895. The summed E-state index contributed by atoms with van der Waals surface area (Å²) in [5, 5.41) is 14.2. The number of aliphatic carboxylic acids is 1. The van der Waals surface area contributed by atoms with Crippen LogP contribution in [0.3, 0.4) is 0 Å². The van der Waals surface area contributed by atoms with Gasteiger partial charge in [-0.1, -0.05) is 26.3 Å². The number of carboxylic acids is 1. The number of amides is 4. The summed E-state index contributed by atoms with van der Waals surface area (Å²) in [6, 6.07) is 5.79. The lowest BCUT2D eigenvalue weighted by molar-refractivity contribution is -0.139. The smallest absolute Gasteiger partial charge is 0.305 e. The average Bonchev–Trinajstić information content (AvgIpc) is 3.41. The maximum Gasteiger partial charge on any atom is 0.305 e. The highest BCUT2D eigenvalue weighted by atomic mass is 32.2. The number of nitrogens with one attached hydrogen (secondary N) is 2. The van der Waals surface area contributed by atoms with Gasteiger partial charge in [-0.2, -0.15) is 11.8 Å². The van der Waals surface area contributed by atoms with Crippen LogP contribution in [-0.4, -0.2) is 123 Å². The van der Waals surface area contributed by atoms with E-state index < -0.39 is 35.7 Å². The van der Waals surface area contributed by atoms with Crippen molar-refractivity contribution in [3.8, 4) is 5.75 Å². The van der Waals surface area contributed by atoms with Crippen molar-refractivity contribution in [1.82, 2.24) is 15.5 Å².